The quantitative estimate of drug-likeness (QED) is 0.847. The van der Waals surface area contributed by atoms with E-state index < -0.39 is 0 Å². The predicted octanol–water partition coefficient (Wildman–Crippen LogP) is 1.89. The summed E-state index contributed by atoms with van der Waals surface area (Å²) in [5, 5.41) is 2.95. The number of carbonyl (C=O) groups excluding carboxylic acids is 1. The molecule has 0 aliphatic heterocycles. The number of hydrogen-bond acceptors (Lipinski definition) is 2. The molecule has 0 atom stereocenters. The number of rotatable bonds is 5. The Hall–Kier alpha value is -1.35. The van der Waals surface area contributed by atoms with Crippen LogP contribution in [0.3, 0.4) is 0 Å². The van der Waals surface area contributed by atoms with Gasteiger partial charge in [0.2, 0.25) is 5.91 Å². The molecule has 3 rings (SSSR count). The van der Waals surface area contributed by atoms with Crippen LogP contribution in [0.1, 0.15) is 43.7 Å². The molecule has 3 N–H and O–H groups in total. The smallest absolute Gasteiger partial charge is 0.230 e. The van der Waals surface area contributed by atoms with Crippen LogP contribution in [0.2, 0.25) is 0 Å². The molecule has 2 aliphatic carbocycles. The second kappa shape index (κ2) is 4.34. The summed E-state index contributed by atoms with van der Waals surface area (Å²) in [6.45, 7) is 2.67. The molecule has 2 aliphatic rings. The van der Waals surface area contributed by atoms with Crippen molar-refractivity contribution in [3.05, 3.63) is 35.4 Å². The fourth-order valence-corrected chi connectivity index (χ4v) is 2.79. The van der Waals surface area contributed by atoms with Gasteiger partial charge in [0.05, 0.1) is 5.41 Å². The molecule has 1 aromatic carbocycles. The summed E-state index contributed by atoms with van der Waals surface area (Å²) >= 11 is 0. The van der Waals surface area contributed by atoms with E-state index in [0.717, 1.165) is 37.7 Å². The van der Waals surface area contributed by atoms with Gasteiger partial charge in [-0.1, -0.05) is 24.3 Å². The van der Waals surface area contributed by atoms with Gasteiger partial charge >= 0.3 is 0 Å². The van der Waals surface area contributed by atoms with Crippen molar-refractivity contribution < 1.29 is 4.79 Å². The lowest BCUT2D eigenvalue weighted by atomic mass is 9.93. The Morgan fingerprint density at radius 3 is 2.32 bits per heavy atom. The summed E-state index contributed by atoms with van der Waals surface area (Å²) in [7, 11) is 0. The highest BCUT2D eigenvalue weighted by Gasteiger charge is 2.50. The van der Waals surface area contributed by atoms with Gasteiger partial charge in [0.25, 0.3) is 0 Å². The van der Waals surface area contributed by atoms with E-state index in [4.69, 9.17) is 5.73 Å². The molecule has 19 heavy (non-hydrogen) atoms. The first kappa shape index (κ1) is 12.7. The Bertz CT molecular complexity index is 484. The van der Waals surface area contributed by atoms with Gasteiger partial charge in [0.15, 0.2) is 0 Å². The summed E-state index contributed by atoms with van der Waals surface area (Å²) in [5.74, 6) is 0.181. The lowest BCUT2D eigenvalue weighted by Gasteiger charge is -2.16. The Morgan fingerprint density at radius 2 is 1.84 bits per heavy atom. The highest BCUT2D eigenvalue weighted by Crippen LogP contribution is 2.48. The molecular weight excluding hydrogens is 236 g/mol. The molecule has 0 radical (unpaired) electrons. The van der Waals surface area contributed by atoms with Crippen LogP contribution in [0.15, 0.2) is 24.3 Å². The fraction of sp³-hybridized carbons (Fsp3) is 0.562. The molecule has 2 saturated carbocycles. The van der Waals surface area contributed by atoms with Gasteiger partial charge in [-0.05, 0) is 50.2 Å². The zero-order valence-corrected chi connectivity index (χ0v) is 11.5. The van der Waals surface area contributed by atoms with Crippen LogP contribution >= 0.6 is 0 Å². The van der Waals surface area contributed by atoms with Crippen LogP contribution in [0.25, 0.3) is 0 Å². The van der Waals surface area contributed by atoms with E-state index in [1.54, 1.807) is 0 Å². The standard InChI is InChI=1S/C16H22N2O/c1-2-18-14(19)16(9-10-16)13-5-3-12(4-6-13)11-15(17)7-8-15/h3-6H,2,7-11,17H2,1H3,(H,18,19). The number of nitrogens with two attached hydrogens (primary N) is 1. The van der Waals surface area contributed by atoms with Crippen LogP contribution in [0, 0.1) is 0 Å². The summed E-state index contributed by atoms with van der Waals surface area (Å²) in [4.78, 5) is 12.1. The van der Waals surface area contributed by atoms with Gasteiger partial charge in [0.1, 0.15) is 0 Å². The average molecular weight is 258 g/mol. The Kier molecular flexibility index (Phi) is 2.90. The molecule has 0 unspecified atom stereocenters. The normalized spacial score (nSPS) is 21.8. The number of hydrogen-bond donors (Lipinski definition) is 2. The van der Waals surface area contributed by atoms with E-state index in [1.165, 1.54) is 5.56 Å². The maximum atomic E-state index is 12.1. The topological polar surface area (TPSA) is 55.1 Å². The number of benzene rings is 1. The summed E-state index contributed by atoms with van der Waals surface area (Å²) in [6, 6.07) is 8.51. The van der Waals surface area contributed by atoms with Crippen molar-refractivity contribution >= 4 is 5.91 Å². The lowest BCUT2D eigenvalue weighted by molar-refractivity contribution is -0.123. The highest BCUT2D eigenvalue weighted by molar-refractivity contribution is 5.91. The maximum absolute atomic E-state index is 12.1. The second-order valence-electron chi connectivity index (χ2n) is 6.18. The van der Waals surface area contributed by atoms with Gasteiger partial charge in [-0.2, -0.15) is 0 Å². The molecule has 0 spiro atoms. The van der Waals surface area contributed by atoms with Gasteiger partial charge in [-0.15, -0.1) is 0 Å². The molecule has 0 saturated heterocycles. The Balaban J connectivity index is 1.73. The number of amides is 1. The van der Waals surface area contributed by atoms with Crippen LogP contribution < -0.4 is 11.1 Å². The van der Waals surface area contributed by atoms with E-state index in [9.17, 15) is 4.79 Å². The van der Waals surface area contributed by atoms with E-state index in [0.29, 0.717) is 6.54 Å². The first-order valence-corrected chi connectivity index (χ1v) is 7.25. The number of carbonyl (C=O) groups is 1. The molecule has 0 aromatic heterocycles. The third-order valence-electron chi connectivity index (χ3n) is 4.48. The van der Waals surface area contributed by atoms with Crippen molar-refractivity contribution in [2.24, 2.45) is 5.73 Å². The molecule has 102 valence electrons. The molecule has 3 nitrogen and oxygen atoms in total. The zero-order valence-electron chi connectivity index (χ0n) is 11.5. The minimum absolute atomic E-state index is 0.0539. The Labute approximate surface area is 114 Å². The monoisotopic (exact) mass is 258 g/mol. The second-order valence-corrected chi connectivity index (χ2v) is 6.18. The Morgan fingerprint density at radius 1 is 1.21 bits per heavy atom. The molecular formula is C16H22N2O. The SMILES string of the molecule is CCNC(=O)C1(c2ccc(CC3(N)CC3)cc2)CC1. The summed E-state index contributed by atoms with van der Waals surface area (Å²) in [5.41, 5.74) is 8.39. The molecule has 2 fully saturated rings. The molecule has 1 aromatic rings. The van der Waals surface area contributed by atoms with Crippen molar-refractivity contribution in [3.63, 3.8) is 0 Å². The first-order chi connectivity index (χ1) is 9.08. The third-order valence-corrected chi connectivity index (χ3v) is 4.48. The highest BCUT2D eigenvalue weighted by atomic mass is 16.2. The lowest BCUT2D eigenvalue weighted by Crippen LogP contribution is -2.34. The van der Waals surface area contributed by atoms with Crippen LogP contribution in [0.5, 0.6) is 0 Å². The van der Waals surface area contributed by atoms with E-state index in [1.807, 2.05) is 6.92 Å². The maximum Gasteiger partial charge on any atom is 0.230 e. The van der Waals surface area contributed by atoms with Crippen molar-refractivity contribution in [1.82, 2.24) is 5.32 Å². The molecule has 1 amide bonds. The van der Waals surface area contributed by atoms with Crippen molar-refractivity contribution in [2.45, 2.75) is 50.0 Å². The van der Waals surface area contributed by atoms with E-state index >= 15 is 0 Å². The van der Waals surface area contributed by atoms with Gasteiger partial charge in [0, 0.05) is 12.1 Å². The number of nitrogens with one attached hydrogen (secondary N) is 1. The zero-order chi connectivity index (χ0) is 13.5. The van der Waals surface area contributed by atoms with Crippen LogP contribution in [-0.2, 0) is 16.6 Å². The molecule has 0 heterocycles. The minimum Gasteiger partial charge on any atom is -0.356 e. The predicted molar refractivity (Wildman–Crippen MR) is 75.9 cm³/mol. The summed E-state index contributed by atoms with van der Waals surface area (Å²) in [6.07, 6.45) is 5.18. The van der Waals surface area contributed by atoms with E-state index in [-0.39, 0.29) is 16.9 Å². The van der Waals surface area contributed by atoms with Gasteiger partial charge in [-0.25, -0.2) is 0 Å². The van der Waals surface area contributed by atoms with Gasteiger partial charge in [-0.3, -0.25) is 4.79 Å². The van der Waals surface area contributed by atoms with Gasteiger partial charge < -0.3 is 11.1 Å². The third kappa shape index (κ3) is 2.39. The van der Waals surface area contributed by atoms with E-state index in [2.05, 4.69) is 29.6 Å². The van der Waals surface area contributed by atoms with Crippen LogP contribution in [-0.4, -0.2) is 18.0 Å². The van der Waals surface area contributed by atoms with Crippen molar-refractivity contribution in [1.29, 1.82) is 0 Å². The minimum atomic E-state index is -0.242. The van der Waals surface area contributed by atoms with Crippen molar-refractivity contribution in [3.8, 4) is 0 Å². The van der Waals surface area contributed by atoms with Crippen molar-refractivity contribution in [2.75, 3.05) is 6.54 Å². The number of likely N-dealkylation sites (N-methyl/N-ethyl adjacent to an activating group) is 1. The average Bonchev–Trinajstić information content (AvgIpc) is 3.28. The summed E-state index contributed by atoms with van der Waals surface area (Å²) < 4.78 is 0. The molecule has 3 heteroatoms. The van der Waals surface area contributed by atoms with Crippen LogP contribution in [0.4, 0.5) is 0 Å². The fourth-order valence-electron chi connectivity index (χ4n) is 2.79. The molecule has 0 bridgehead atoms. The largest absolute Gasteiger partial charge is 0.356 e. The first-order valence-electron chi connectivity index (χ1n) is 7.25.